The van der Waals surface area contributed by atoms with E-state index >= 15 is 0 Å². The number of hydrogen-bond donors (Lipinski definition) is 0. The molecule has 0 saturated heterocycles. The van der Waals surface area contributed by atoms with Crippen molar-refractivity contribution in [3.8, 4) is 11.5 Å². The summed E-state index contributed by atoms with van der Waals surface area (Å²) in [5, 5.41) is 0.926. The molecule has 1 atom stereocenters. The lowest BCUT2D eigenvalue weighted by Crippen LogP contribution is -2.50. The summed E-state index contributed by atoms with van der Waals surface area (Å²) in [4.78, 5) is 31.6. The second kappa shape index (κ2) is 11.6. The number of rotatable bonds is 8. The Morgan fingerprint density at radius 1 is 1.12 bits per heavy atom. The van der Waals surface area contributed by atoms with E-state index in [0.717, 1.165) is 40.4 Å². The number of methoxy groups -OCH3 is 1. The molecule has 10 heteroatoms. The molecule has 40 heavy (non-hydrogen) atoms. The number of hydrogen-bond acceptors (Lipinski definition) is 7. The van der Waals surface area contributed by atoms with E-state index in [0.29, 0.717) is 24.7 Å². The molecule has 4 rings (SSSR count). The Kier molecular flexibility index (Phi) is 8.60. The van der Waals surface area contributed by atoms with E-state index in [1.54, 1.807) is 27.0 Å². The zero-order valence-corrected chi connectivity index (χ0v) is 25.9. The predicted octanol–water partition coefficient (Wildman–Crippen LogP) is 6.28. The summed E-state index contributed by atoms with van der Waals surface area (Å²) in [7, 11) is 0.164. The molecule has 3 heterocycles. The fraction of sp³-hybridized carbons (Fsp3) is 0.500. The van der Waals surface area contributed by atoms with E-state index < -0.39 is 31.8 Å². The second-order valence-electron chi connectivity index (χ2n) is 12.5. The van der Waals surface area contributed by atoms with Gasteiger partial charge >= 0.3 is 12.1 Å². The van der Waals surface area contributed by atoms with Gasteiger partial charge < -0.3 is 23.5 Å². The Morgan fingerprint density at radius 2 is 1.88 bits per heavy atom. The number of nitrogens with zero attached hydrogens (tertiary/aromatic N) is 3. The summed E-state index contributed by atoms with van der Waals surface area (Å²) in [5.74, 6) is 0.849. The van der Waals surface area contributed by atoms with E-state index in [1.165, 1.54) is 12.0 Å². The second-order valence-corrected chi connectivity index (χ2v) is 18.1. The molecule has 1 aliphatic rings. The largest absolute Gasteiger partial charge is 0.467 e. The summed E-state index contributed by atoms with van der Waals surface area (Å²) >= 11 is 0. The maximum atomic E-state index is 13.0. The number of aromatic nitrogens is 2. The van der Waals surface area contributed by atoms with Crippen LogP contribution in [0.1, 0.15) is 37.5 Å². The van der Waals surface area contributed by atoms with Gasteiger partial charge in [0.25, 0.3) is 0 Å². The van der Waals surface area contributed by atoms with Crippen LogP contribution in [-0.4, -0.2) is 59.9 Å². The minimum Gasteiger partial charge on any atom is -0.467 e. The van der Waals surface area contributed by atoms with Gasteiger partial charge in [0, 0.05) is 33.5 Å². The molecule has 2 aromatic heterocycles. The molecule has 0 saturated carbocycles. The maximum absolute atomic E-state index is 13.0. The molecule has 1 aromatic carbocycles. The molecule has 0 fully saturated rings. The molecule has 0 bridgehead atoms. The van der Waals surface area contributed by atoms with Crippen LogP contribution in [0.25, 0.3) is 11.0 Å². The molecule has 1 amide bonds. The zero-order chi connectivity index (χ0) is 29.2. The Labute approximate surface area is 237 Å². The van der Waals surface area contributed by atoms with E-state index in [4.69, 9.17) is 18.9 Å². The number of aryl methyl sites for hydroxylation is 1. The van der Waals surface area contributed by atoms with Crippen molar-refractivity contribution >= 4 is 31.2 Å². The van der Waals surface area contributed by atoms with Crippen molar-refractivity contribution in [1.82, 2.24) is 14.5 Å². The van der Waals surface area contributed by atoms with Gasteiger partial charge in [0.1, 0.15) is 35.5 Å². The number of carbonyl (C=O) groups is 2. The van der Waals surface area contributed by atoms with Gasteiger partial charge in [-0.05, 0) is 68.6 Å². The Hall–Kier alpha value is -3.37. The van der Waals surface area contributed by atoms with Gasteiger partial charge in [-0.25, -0.2) is 14.6 Å². The summed E-state index contributed by atoms with van der Waals surface area (Å²) in [6.45, 7) is 15.8. The molecule has 1 aliphatic heterocycles. The number of carbonyl (C=O) groups excluding carboxylic acids is 2. The number of ether oxygens (including phenoxy) is 4. The fourth-order valence-electron chi connectivity index (χ4n) is 4.72. The van der Waals surface area contributed by atoms with Gasteiger partial charge in [0.05, 0.1) is 19.0 Å². The van der Waals surface area contributed by atoms with Crippen LogP contribution in [0.3, 0.4) is 0 Å². The molecular formula is C30H41N3O6Si. The third-order valence-corrected chi connectivity index (χ3v) is 8.48. The fourth-order valence-corrected chi connectivity index (χ4v) is 5.47. The van der Waals surface area contributed by atoms with Crippen molar-refractivity contribution in [2.24, 2.45) is 0 Å². The van der Waals surface area contributed by atoms with Crippen molar-refractivity contribution < 1.29 is 28.5 Å². The van der Waals surface area contributed by atoms with Gasteiger partial charge in [-0.1, -0.05) is 25.7 Å². The Balaban J connectivity index is 1.56. The Morgan fingerprint density at radius 3 is 2.55 bits per heavy atom. The number of benzene rings is 1. The minimum atomic E-state index is -1.16. The van der Waals surface area contributed by atoms with Crippen LogP contribution < -0.4 is 4.74 Å². The van der Waals surface area contributed by atoms with Crippen molar-refractivity contribution in [3.63, 3.8) is 0 Å². The average Bonchev–Trinajstić information content (AvgIpc) is 3.20. The van der Waals surface area contributed by atoms with E-state index in [2.05, 4.69) is 24.6 Å². The van der Waals surface area contributed by atoms with Crippen molar-refractivity contribution in [3.05, 3.63) is 53.3 Å². The smallest absolute Gasteiger partial charge is 0.411 e. The van der Waals surface area contributed by atoms with E-state index in [-0.39, 0.29) is 6.54 Å². The first-order valence-corrected chi connectivity index (χ1v) is 17.4. The first-order valence-electron chi connectivity index (χ1n) is 13.6. The van der Waals surface area contributed by atoms with Crippen molar-refractivity contribution in [2.75, 3.05) is 13.7 Å². The molecule has 0 spiro atoms. The zero-order valence-electron chi connectivity index (χ0n) is 24.9. The highest BCUT2D eigenvalue weighted by Gasteiger charge is 2.38. The first kappa shape index (κ1) is 29.6. The standard InChI is InChI=1S/C30H41N3O6Si/c1-20-17-32(19-37-13-14-40(6,7)8)27-26(20)25(11-12-31-27)38-23-10-9-21-16-24(28(34)36-5)33(18-22(21)15-23)29(35)39-30(2,3)4/h9-12,15,17,24H,13-14,16,18-19H2,1-8H3/t24-/m1/s1. The molecule has 0 radical (unpaired) electrons. The van der Waals surface area contributed by atoms with Crippen LogP contribution in [0.15, 0.2) is 36.7 Å². The van der Waals surface area contributed by atoms with Gasteiger partial charge in [-0.3, -0.25) is 4.90 Å². The molecule has 216 valence electrons. The Bertz CT molecular complexity index is 1390. The number of esters is 1. The van der Waals surface area contributed by atoms with Gasteiger partial charge in [-0.15, -0.1) is 0 Å². The highest BCUT2D eigenvalue weighted by atomic mass is 28.3. The maximum Gasteiger partial charge on any atom is 0.411 e. The number of fused-ring (bicyclic) bond motifs is 2. The number of amides is 1. The lowest BCUT2D eigenvalue weighted by atomic mass is 9.94. The van der Waals surface area contributed by atoms with Gasteiger partial charge in [-0.2, -0.15) is 0 Å². The topological polar surface area (TPSA) is 92.1 Å². The minimum absolute atomic E-state index is 0.205. The number of pyridine rings is 1. The average molecular weight is 568 g/mol. The third kappa shape index (κ3) is 7.03. The third-order valence-electron chi connectivity index (χ3n) is 6.77. The molecule has 3 aromatic rings. The summed E-state index contributed by atoms with van der Waals surface area (Å²) in [5.41, 5.74) is 3.00. The van der Waals surface area contributed by atoms with Crippen LogP contribution in [0.5, 0.6) is 11.5 Å². The summed E-state index contributed by atoms with van der Waals surface area (Å²) < 4.78 is 24.9. The predicted molar refractivity (Wildman–Crippen MR) is 156 cm³/mol. The van der Waals surface area contributed by atoms with E-state index in [1.807, 2.05) is 42.0 Å². The van der Waals surface area contributed by atoms with Gasteiger partial charge in [0.2, 0.25) is 0 Å². The highest BCUT2D eigenvalue weighted by Crippen LogP contribution is 2.35. The quantitative estimate of drug-likeness (QED) is 0.180. The molecule has 0 N–H and O–H groups in total. The van der Waals surface area contributed by atoms with Crippen molar-refractivity contribution in [2.45, 2.75) is 84.7 Å². The normalized spacial score (nSPS) is 15.6. The van der Waals surface area contributed by atoms with Crippen molar-refractivity contribution in [1.29, 1.82) is 0 Å². The molecule has 9 nitrogen and oxygen atoms in total. The lowest BCUT2D eigenvalue weighted by molar-refractivity contribution is -0.147. The summed E-state index contributed by atoms with van der Waals surface area (Å²) in [6, 6.07) is 7.94. The SMILES string of the molecule is COC(=O)[C@H]1Cc2ccc(Oc3ccnc4c3c(C)cn4COCC[Si](C)(C)C)cc2CN1C(=O)OC(C)(C)C. The van der Waals surface area contributed by atoms with Crippen LogP contribution in [0.2, 0.25) is 25.7 Å². The summed E-state index contributed by atoms with van der Waals surface area (Å²) in [6.07, 6.45) is 3.55. The highest BCUT2D eigenvalue weighted by molar-refractivity contribution is 6.76. The van der Waals surface area contributed by atoms with Gasteiger partial charge in [0.15, 0.2) is 0 Å². The monoisotopic (exact) mass is 567 g/mol. The van der Waals surface area contributed by atoms with Crippen LogP contribution in [-0.2, 0) is 38.7 Å². The van der Waals surface area contributed by atoms with Crippen LogP contribution >= 0.6 is 0 Å². The lowest BCUT2D eigenvalue weighted by Gasteiger charge is -2.36. The molecule has 0 aliphatic carbocycles. The van der Waals surface area contributed by atoms with Crippen LogP contribution in [0.4, 0.5) is 4.79 Å². The van der Waals surface area contributed by atoms with E-state index in [9.17, 15) is 9.59 Å². The van der Waals surface area contributed by atoms with Crippen LogP contribution in [0, 0.1) is 6.92 Å². The molecule has 0 unspecified atom stereocenters. The first-order chi connectivity index (χ1) is 18.8. The molecular weight excluding hydrogens is 526 g/mol.